The molecule has 1 aliphatic heterocycles. The number of carbonyl (C=O) groups is 1. The highest BCUT2D eigenvalue weighted by Gasteiger charge is 2.21. The fraction of sp³-hybridized carbons (Fsp3) is 0.909. The molecule has 0 aromatic rings. The summed E-state index contributed by atoms with van der Waals surface area (Å²) in [5.74, 6) is 0. The van der Waals surface area contributed by atoms with Crippen molar-refractivity contribution in [3.05, 3.63) is 0 Å². The van der Waals surface area contributed by atoms with Crippen LogP contribution >= 0.6 is 0 Å². The van der Waals surface area contributed by atoms with Gasteiger partial charge in [-0.2, -0.15) is 0 Å². The highest BCUT2D eigenvalue weighted by molar-refractivity contribution is 5.46. The molecule has 0 radical (unpaired) electrons. The number of piperazine rings is 1. The topological polar surface area (TPSA) is 26.8 Å². The van der Waals surface area contributed by atoms with Gasteiger partial charge in [0.2, 0.25) is 6.41 Å². The summed E-state index contributed by atoms with van der Waals surface area (Å²) in [6.07, 6.45) is 2.03. The summed E-state index contributed by atoms with van der Waals surface area (Å²) in [6, 6.07) is 0.522. The van der Waals surface area contributed by atoms with E-state index in [-0.39, 0.29) is 0 Å². The van der Waals surface area contributed by atoms with Crippen LogP contribution in [0.4, 0.5) is 0 Å². The van der Waals surface area contributed by atoms with Crippen LogP contribution in [0.1, 0.15) is 13.3 Å². The maximum atomic E-state index is 10.6. The van der Waals surface area contributed by atoms with Gasteiger partial charge in [0, 0.05) is 45.8 Å². The Morgan fingerprint density at radius 2 is 1.93 bits per heavy atom. The molecule has 1 fully saturated rings. The van der Waals surface area contributed by atoms with E-state index >= 15 is 0 Å². The zero-order valence-corrected chi connectivity index (χ0v) is 10.1. The minimum Gasteiger partial charge on any atom is -0.347 e. The molecule has 15 heavy (non-hydrogen) atoms. The Balaban J connectivity index is 2.40. The predicted octanol–water partition coefficient (Wildman–Crippen LogP) is 0.101. The molecule has 0 N–H and O–H groups in total. The lowest BCUT2D eigenvalue weighted by Crippen LogP contribution is -2.51. The summed E-state index contributed by atoms with van der Waals surface area (Å²) >= 11 is 0. The second kappa shape index (κ2) is 6.08. The minimum atomic E-state index is 0.522. The number of carbonyl (C=O) groups excluding carboxylic acids is 1. The number of rotatable bonds is 5. The average molecular weight is 213 g/mol. The van der Waals surface area contributed by atoms with Crippen molar-refractivity contribution in [3.8, 4) is 0 Å². The molecule has 0 aliphatic carbocycles. The van der Waals surface area contributed by atoms with Gasteiger partial charge < -0.3 is 9.80 Å². The maximum Gasteiger partial charge on any atom is 0.209 e. The quantitative estimate of drug-likeness (QED) is 0.606. The fourth-order valence-electron chi connectivity index (χ4n) is 2.07. The summed E-state index contributed by atoms with van der Waals surface area (Å²) in [5, 5.41) is 0. The minimum absolute atomic E-state index is 0.522. The lowest BCUT2D eigenvalue weighted by Gasteiger charge is -2.38. The van der Waals surface area contributed by atoms with E-state index in [0.717, 1.165) is 45.6 Å². The SMILES string of the molecule is CCC(CN(C)C=O)N1CCN(C)CC1. The van der Waals surface area contributed by atoms with Crippen LogP contribution in [0.25, 0.3) is 0 Å². The first-order valence-corrected chi connectivity index (χ1v) is 5.75. The fourth-order valence-corrected chi connectivity index (χ4v) is 2.07. The van der Waals surface area contributed by atoms with Gasteiger partial charge in [-0.3, -0.25) is 9.69 Å². The zero-order valence-electron chi connectivity index (χ0n) is 10.1. The molecule has 1 amide bonds. The predicted molar refractivity (Wildman–Crippen MR) is 61.8 cm³/mol. The van der Waals surface area contributed by atoms with Gasteiger partial charge in [0.15, 0.2) is 0 Å². The molecule has 0 aromatic heterocycles. The Hall–Kier alpha value is -0.610. The van der Waals surface area contributed by atoms with Gasteiger partial charge >= 0.3 is 0 Å². The second-order valence-electron chi connectivity index (χ2n) is 4.45. The zero-order chi connectivity index (χ0) is 11.3. The molecular weight excluding hydrogens is 190 g/mol. The van der Waals surface area contributed by atoms with E-state index in [0.29, 0.717) is 6.04 Å². The highest BCUT2D eigenvalue weighted by Crippen LogP contribution is 2.09. The van der Waals surface area contributed by atoms with Gasteiger partial charge in [0.1, 0.15) is 0 Å². The molecule has 1 rings (SSSR count). The molecule has 1 unspecified atom stereocenters. The summed E-state index contributed by atoms with van der Waals surface area (Å²) in [6.45, 7) is 7.58. The van der Waals surface area contributed by atoms with Crippen LogP contribution in [-0.2, 0) is 4.79 Å². The van der Waals surface area contributed by atoms with Crippen LogP contribution in [0.2, 0.25) is 0 Å². The van der Waals surface area contributed by atoms with Crippen molar-refractivity contribution in [2.24, 2.45) is 0 Å². The van der Waals surface area contributed by atoms with Crippen LogP contribution in [0.5, 0.6) is 0 Å². The Bertz CT molecular complexity index is 190. The molecule has 88 valence electrons. The lowest BCUT2D eigenvalue weighted by atomic mass is 10.1. The summed E-state index contributed by atoms with van der Waals surface area (Å²) in [7, 11) is 4.02. The van der Waals surface area contributed by atoms with Crippen LogP contribution in [0, 0.1) is 0 Å². The van der Waals surface area contributed by atoms with Crippen molar-refractivity contribution in [2.75, 3.05) is 46.8 Å². The van der Waals surface area contributed by atoms with Gasteiger partial charge in [0.05, 0.1) is 0 Å². The van der Waals surface area contributed by atoms with Gasteiger partial charge in [-0.15, -0.1) is 0 Å². The van der Waals surface area contributed by atoms with Crippen molar-refractivity contribution in [1.82, 2.24) is 14.7 Å². The van der Waals surface area contributed by atoms with Crippen LogP contribution in [0.15, 0.2) is 0 Å². The van der Waals surface area contributed by atoms with Crippen LogP contribution in [0.3, 0.4) is 0 Å². The van der Waals surface area contributed by atoms with E-state index in [9.17, 15) is 4.79 Å². The Kier molecular flexibility index (Phi) is 5.05. The number of hydrogen-bond acceptors (Lipinski definition) is 3. The number of hydrogen-bond donors (Lipinski definition) is 0. The third kappa shape index (κ3) is 3.80. The largest absolute Gasteiger partial charge is 0.347 e. The number of nitrogens with zero attached hydrogens (tertiary/aromatic N) is 3. The molecule has 1 saturated heterocycles. The van der Waals surface area contributed by atoms with E-state index in [1.54, 1.807) is 4.90 Å². The van der Waals surface area contributed by atoms with Gasteiger partial charge in [-0.05, 0) is 13.5 Å². The van der Waals surface area contributed by atoms with Crippen molar-refractivity contribution in [1.29, 1.82) is 0 Å². The van der Waals surface area contributed by atoms with Gasteiger partial charge in [-0.1, -0.05) is 6.92 Å². The Morgan fingerprint density at radius 1 is 1.33 bits per heavy atom. The van der Waals surface area contributed by atoms with E-state index in [1.807, 2.05) is 7.05 Å². The number of amides is 1. The molecule has 0 aromatic carbocycles. The highest BCUT2D eigenvalue weighted by atomic mass is 16.1. The standard InChI is InChI=1S/C11H23N3O/c1-4-11(9-13(3)10-15)14-7-5-12(2)6-8-14/h10-11H,4-9H2,1-3H3. The van der Waals surface area contributed by atoms with Crippen molar-refractivity contribution < 1.29 is 4.79 Å². The Morgan fingerprint density at radius 3 is 2.40 bits per heavy atom. The van der Waals surface area contributed by atoms with Crippen LogP contribution in [-0.4, -0.2) is 74.0 Å². The van der Waals surface area contributed by atoms with Gasteiger partial charge in [0.25, 0.3) is 0 Å². The first-order valence-electron chi connectivity index (χ1n) is 5.75. The third-order valence-corrected chi connectivity index (χ3v) is 3.20. The molecular formula is C11H23N3O. The molecule has 1 aliphatic rings. The van der Waals surface area contributed by atoms with Crippen molar-refractivity contribution >= 4 is 6.41 Å². The van der Waals surface area contributed by atoms with Gasteiger partial charge in [-0.25, -0.2) is 0 Å². The second-order valence-corrected chi connectivity index (χ2v) is 4.45. The molecule has 4 nitrogen and oxygen atoms in total. The molecule has 1 heterocycles. The Labute approximate surface area is 92.8 Å². The number of likely N-dealkylation sites (N-methyl/N-ethyl adjacent to an activating group) is 2. The smallest absolute Gasteiger partial charge is 0.209 e. The summed E-state index contributed by atoms with van der Waals surface area (Å²) < 4.78 is 0. The van der Waals surface area contributed by atoms with Crippen molar-refractivity contribution in [2.45, 2.75) is 19.4 Å². The normalized spacial score (nSPS) is 21.3. The van der Waals surface area contributed by atoms with Crippen LogP contribution < -0.4 is 0 Å². The molecule has 1 atom stereocenters. The molecule has 0 spiro atoms. The lowest BCUT2D eigenvalue weighted by molar-refractivity contribution is -0.117. The van der Waals surface area contributed by atoms with E-state index in [1.165, 1.54) is 0 Å². The van der Waals surface area contributed by atoms with E-state index in [2.05, 4.69) is 23.8 Å². The van der Waals surface area contributed by atoms with Crippen molar-refractivity contribution in [3.63, 3.8) is 0 Å². The van der Waals surface area contributed by atoms with E-state index < -0.39 is 0 Å². The first-order chi connectivity index (χ1) is 7.17. The van der Waals surface area contributed by atoms with E-state index in [4.69, 9.17) is 0 Å². The maximum absolute atomic E-state index is 10.6. The molecule has 0 saturated carbocycles. The summed E-state index contributed by atoms with van der Waals surface area (Å²) in [4.78, 5) is 17.2. The molecule has 4 heteroatoms. The average Bonchev–Trinajstić information content (AvgIpc) is 2.27. The third-order valence-electron chi connectivity index (χ3n) is 3.20. The summed E-state index contributed by atoms with van der Waals surface area (Å²) in [5.41, 5.74) is 0. The monoisotopic (exact) mass is 213 g/mol. The molecule has 0 bridgehead atoms. The first kappa shape index (κ1) is 12.5.